The van der Waals surface area contributed by atoms with Crippen LogP contribution in [0.1, 0.15) is 13.3 Å². The summed E-state index contributed by atoms with van der Waals surface area (Å²) in [6.45, 7) is 2.23. The molecular formula is C13H14ClN3O2S. The van der Waals surface area contributed by atoms with Gasteiger partial charge in [-0.05, 0) is 18.6 Å². The van der Waals surface area contributed by atoms with Gasteiger partial charge in [-0.2, -0.15) is 4.31 Å². The fourth-order valence-electron chi connectivity index (χ4n) is 1.93. The van der Waals surface area contributed by atoms with Crippen molar-refractivity contribution in [2.24, 2.45) is 0 Å². The van der Waals surface area contributed by atoms with Gasteiger partial charge in [-0.3, -0.25) is 4.40 Å². The van der Waals surface area contributed by atoms with E-state index in [1.807, 2.05) is 6.92 Å². The summed E-state index contributed by atoms with van der Waals surface area (Å²) in [5, 5.41) is -0.0900. The Kier molecular flexibility index (Phi) is 4.33. The first-order valence-electron chi connectivity index (χ1n) is 6.08. The Labute approximate surface area is 123 Å². The summed E-state index contributed by atoms with van der Waals surface area (Å²) in [5.74, 6) is 2.36. The molecular weight excluding hydrogens is 298 g/mol. The van der Waals surface area contributed by atoms with Gasteiger partial charge in [0.2, 0.25) is 0 Å². The minimum atomic E-state index is -3.78. The molecule has 106 valence electrons. The zero-order valence-corrected chi connectivity index (χ0v) is 12.5. The number of hydrogen-bond acceptors (Lipinski definition) is 3. The van der Waals surface area contributed by atoms with Crippen molar-refractivity contribution in [3.63, 3.8) is 0 Å². The van der Waals surface area contributed by atoms with E-state index in [0.29, 0.717) is 18.6 Å². The molecule has 20 heavy (non-hydrogen) atoms. The van der Waals surface area contributed by atoms with Crippen LogP contribution in [0.15, 0.2) is 29.4 Å². The van der Waals surface area contributed by atoms with Crippen molar-refractivity contribution in [3.05, 3.63) is 29.5 Å². The highest BCUT2D eigenvalue weighted by Crippen LogP contribution is 2.25. The lowest BCUT2D eigenvalue weighted by atomic mass is 10.5. The SMILES string of the molecule is C#CCN(CCC)S(=O)(=O)c1c(Cl)nc2ccccn12. The molecule has 0 atom stereocenters. The normalized spacial score (nSPS) is 11.9. The summed E-state index contributed by atoms with van der Waals surface area (Å²) in [6.07, 6.45) is 7.52. The highest BCUT2D eigenvalue weighted by molar-refractivity contribution is 7.89. The number of pyridine rings is 1. The smallest absolute Gasteiger partial charge is 0.263 e. The van der Waals surface area contributed by atoms with Crippen LogP contribution in [0.25, 0.3) is 5.65 Å². The van der Waals surface area contributed by atoms with Crippen LogP contribution in [0.3, 0.4) is 0 Å². The molecule has 0 radical (unpaired) electrons. The number of fused-ring (bicyclic) bond motifs is 1. The maximum Gasteiger partial charge on any atom is 0.263 e. The molecule has 0 aliphatic heterocycles. The lowest BCUT2D eigenvalue weighted by molar-refractivity contribution is 0.442. The predicted octanol–water partition coefficient (Wildman–Crippen LogP) is 2.02. The Morgan fingerprint density at radius 2 is 2.25 bits per heavy atom. The Morgan fingerprint density at radius 3 is 2.90 bits per heavy atom. The summed E-state index contributed by atoms with van der Waals surface area (Å²) in [6, 6.07) is 5.17. The van der Waals surface area contributed by atoms with E-state index in [-0.39, 0.29) is 16.7 Å². The summed E-state index contributed by atoms with van der Waals surface area (Å²) in [4.78, 5) is 4.05. The van der Waals surface area contributed by atoms with Gasteiger partial charge in [0.1, 0.15) is 5.65 Å². The minimum Gasteiger partial charge on any atom is -0.288 e. The molecule has 0 amide bonds. The Hall–Kier alpha value is -1.55. The van der Waals surface area contributed by atoms with E-state index in [0.717, 1.165) is 0 Å². The van der Waals surface area contributed by atoms with E-state index in [2.05, 4.69) is 10.9 Å². The molecule has 0 aliphatic carbocycles. The molecule has 2 heterocycles. The molecule has 0 fully saturated rings. The van der Waals surface area contributed by atoms with Crippen molar-refractivity contribution in [2.75, 3.05) is 13.1 Å². The highest BCUT2D eigenvalue weighted by atomic mass is 35.5. The van der Waals surface area contributed by atoms with E-state index in [1.54, 1.807) is 24.4 Å². The van der Waals surface area contributed by atoms with Gasteiger partial charge < -0.3 is 0 Å². The van der Waals surface area contributed by atoms with Crippen LogP contribution in [-0.4, -0.2) is 35.2 Å². The van der Waals surface area contributed by atoms with E-state index in [4.69, 9.17) is 18.0 Å². The molecule has 0 spiro atoms. The largest absolute Gasteiger partial charge is 0.288 e. The average Bonchev–Trinajstić information content (AvgIpc) is 2.74. The second kappa shape index (κ2) is 5.83. The minimum absolute atomic E-state index is 0.00652. The van der Waals surface area contributed by atoms with Gasteiger partial charge >= 0.3 is 0 Å². The summed E-state index contributed by atoms with van der Waals surface area (Å²) in [7, 11) is -3.78. The first-order chi connectivity index (χ1) is 9.52. The molecule has 0 unspecified atom stereocenters. The second-order valence-corrected chi connectivity index (χ2v) is 6.39. The maximum absolute atomic E-state index is 12.7. The van der Waals surface area contributed by atoms with Crippen LogP contribution in [0.2, 0.25) is 5.15 Å². The van der Waals surface area contributed by atoms with Crippen LogP contribution < -0.4 is 0 Å². The summed E-state index contributed by atoms with van der Waals surface area (Å²) < 4.78 is 28.1. The first-order valence-corrected chi connectivity index (χ1v) is 7.90. The lowest BCUT2D eigenvalue weighted by Gasteiger charge is -2.18. The fourth-order valence-corrected chi connectivity index (χ4v) is 3.98. The Balaban J connectivity index is 2.62. The number of hydrogen-bond donors (Lipinski definition) is 0. The zero-order valence-electron chi connectivity index (χ0n) is 11.0. The third-order valence-electron chi connectivity index (χ3n) is 2.77. The number of imidazole rings is 1. The Morgan fingerprint density at radius 1 is 1.50 bits per heavy atom. The number of nitrogens with zero attached hydrogens (tertiary/aromatic N) is 3. The van der Waals surface area contributed by atoms with Gasteiger partial charge in [0.25, 0.3) is 10.0 Å². The Bertz CT molecular complexity index is 762. The monoisotopic (exact) mass is 311 g/mol. The molecule has 0 saturated carbocycles. The molecule has 7 heteroatoms. The van der Waals surface area contributed by atoms with Crippen LogP contribution in [-0.2, 0) is 10.0 Å². The number of halogens is 1. The number of rotatable bonds is 5. The topological polar surface area (TPSA) is 54.7 Å². The van der Waals surface area contributed by atoms with Crippen molar-refractivity contribution >= 4 is 27.3 Å². The van der Waals surface area contributed by atoms with Crippen LogP contribution in [0, 0.1) is 12.3 Å². The van der Waals surface area contributed by atoms with Gasteiger partial charge in [0, 0.05) is 12.7 Å². The summed E-state index contributed by atoms with van der Waals surface area (Å²) in [5.41, 5.74) is 0.480. The molecule has 2 rings (SSSR count). The van der Waals surface area contributed by atoms with E-state index < -0.39 is 10.0 Å². The summed E-state index contributed by atoms with van der Waals surface area (Å²) >= 11 is 6.01. The van der Waals surface area contributed by atoms with Gasteiger partial charge in [-0.15, -0.1) is 6.42 Å². The fraction of sp³-hybridized carbons (Fsp3) is 0.308. The van der Waals surface area contributed by atoms with E-state index in [1.165, 1.54) is 8.71 Å². The molecule has 0 aromatic carbocycles. The molecule has 2 aromatic rings. The standard InChI is InChI=1S/C13H14ClN3O2S/c1-3-8-16(9-4-2)20(18,19)13-12(14)15-11-7-5-6-10-17(11)13/h1,5-7,10H,4,8-9H2,2H3. The molecule has 0 aliphatic rings. The zero-order chi connectivity index (χ0) is 14.8. The highest BCUT2D eigenvalue weighted by Gasteiger charge is 2.30. The second-order valence-electron chi connectivity index (χ2n) is 4.18. The van der Waals surface area contributed by atoms with Crippen molar-refractivity contribution < 1.29 is 8.42 Å². The van der Waals surface area contributed by atoms with E-state index >= 15 is 0 Å². The van der Waals surface area contributed by atoms with Crippen molar-refractivity contribution in [1.29, 1.82) is 0 Å². The van der Waals surface area contributed by atoms with Crippen molar-refractivity contribution in [3.8, 4) is 12.3 Å². The van der Waals surface area contributed by atoms with Crippen LogP contribution in [0.5, 0.6) is 0 Å². The third kappa shape index (κ3) is 2.52. The van der Waals surface area contributed by atoms with Gasteiger partial charge in [-0.25, -0.2) is 13.4 Å². The quantitative estimate of drug-likeness (QED) is 0.794. The van der Waals surface area contributed by atoms with Crippen LogP contribution in [0.4, 0.5) is 0 Å². The van der Waals surface area contributed by atoms with Crippen molar-refractivity contribution in [2.45, 2.75) is 18.4 Å². The van der Waals surface area contributed by atoms with E-state index in [9.17, 15) is 8.42 Å². The van der Waals surface area contributed by atoms with Gasteiger partial charge in [0.05, 0.1) is 6.54 Å². The third-order valence-corrected chi connectivity index (χ3v) is 5.02. The maximum atomic E-state index is 12.7. The predicted molar refractivity (Wildman–Crippen MR) is 78.1 cm³/mol. The van der Waals surface area contributed by atoms with Gasteiger partial charge in [-0.1, -0.05) is 30.5 Å². The average molecular weight is 312 g/mol. The molecule has 0 N–H and O–H groups in total. The van der Waals surface area contributed by atoms with Crippen LogP contribution >= 0.6 is 11.6 Å². The molecule has 5 nitrogen and oxygen atoms in total. The molecule has 0 saturated heterocycles. The van der Waals surface area contributed by atoms with Gasteiger partial charge in [0.15, 0.2) is 10.2 Å². The lowest BCUT2D eigenvalue weighted by Crippen LogP contribution is -2.33. The number of terminal acetylenes is 1. The number of aromatic nitrogens is 2. The van der Waals surface area contributed by atoms with Crippen molar-refractivity contribution in [1.82, 2.24) is 13.7 Å². The number of sulfonamides is 1. The molecule has 0 bridgehead atoms. The first kappa shape index (κ1) is 14.9. The molecule has 2 aromatic heterocycles.